The maximum absolute atomic E-state index is 10.6. The molecule has 94 valence electrons. The van der Waals surface area contributed by atoms with Crippen LogP contribution in [-0.4, -0.2) is 22.8 Å². The van der Waals surface area contributed by atoms with E-state index in [9.17, 15) is 9.90 Å². The van der Waals surface area contributed by atoms with Gasteiger partial charge in [-0.15, -0.1) is 0 Å². The molecule has 2 aromatic rings. The van der Waals surface area contributed by atoms with Crippen LogP contribution in [-0.2, 0) is 4.79 Å². The van der Waals surface area contributed by atoms with Gasteiger partial charge in [-0.2, -0.15) is 0 Å². The summed E-state index contributed by atoms with van der Waals surface area (Å²) < 4.78 is 0. The van der Waals surface area contributed by atoms with Crippen molar-refractivity contribution in [3.63, 3.8) is 0 Å². The summed E-state index contributed by atoms with van der Waals surface area (Å²) in [5.41, 5.74) is 0.998. The van der Waals surface area contributed by atoms with Crippen molar-refractivity contribution in [3.05, 3.63) is 48.0 Å². The molecule has 0 aliphatic heterocycles. The molecule has 0 saturated heterocycles. The van der Waals surface area contributed by atoms with Crippen LogP contribution in [0.25, 0.3) is 10.8 Å². The van der Waals surface area contributed by atoms with Crippen LogP contribution in [0.2, 0.25) is 0 Å². The largest absolute Gasteiger partial charge is 0.481 e. The lowest BCUT2D eigenvalue weighted by Crippen LogP contribution is -2.07. The summed E-state index contributed by atoms with van der Waals surface area (Å²) in [6.45, 7) is -0.0222. The Bertz CT molecular complexity index is 548. The number of carboxylic acid groups (broad SMARTS) is 1. The Morgan fingerprint density at radius 1 is 1.11 bits per heavy atom. The summed E-state index contributed by atoms with van der Waals surface area (Å²) in [6, 6.07) is 14.0. The second-order valence-electron chi connectivity index (χ2n) is 4.42. The number of carbonyl (C=O) groups is 1. The van der Waals surface area contributed by atoms with E-state index in [0.717, 1.165) is 16.3 Å². The van der Waals surface area contributed by atoms with Crippen molar-refractivity contribution >= 4 is 16.7 Å². The molecular weight excluding hydrogens is 228 g/mol. The highest BCUT2D eigenvalue weighted by Gasteiger charge is 2.12. The van der Waals surface area contributed by atoms with E-state index in [1.54, 1.807) is 0 Å². The molecule has 0 saturated carbocycles. The number of benzene rings is 2. The van der Waals surface area contributed by atoms with Gasteiger partial charge in [-0.05, 0) is 22.8 Å². The lowest BCUT2D eigenvalue weighted by molar-refractivity contribution is -0.137. The van der Waals surface area contributed by atoms with Crippen molar-refractivity contribution < 1.29 is 15.0 Å². The van der Waals surface area contributed by atoms with E-state index >= 15 is 0 Å². The third kappa shape index (κ3) is 2.87. The van der Waals surface area contributed by atoms with Gasteiger partial charge in [0.2, 0.25) is 0 Å². The van der Waals surface area contributed by atoms with Gasteiger partial charge in [-0.3, -0.25) is 4.79 Å². The molecular formula is C15H16O3. The summed E-state index contributed by atoms with van der Waals surface area (Å²) >= 11 is 0. The molecule has 3 heteroatoms. The summed E-state index contributed by atoms with van der Waals surface area (Å²) in [4.78, 5) is 10.6. The zero-order valence-corrected chi connectivity index (χ0v) is 10.0. The Morgan fingerprint density at radius 2 is 1.83 bits per heavy atom. The second kappa shape index (κ2) is 5.65. The van der Waals surface area contributed by atoms with Crippen molar-refractivity contribution in [3.8, 4) is 0 Å². The molecule has 0 aliphatic rings. The van der Waals surface area contributed by atoms with Gasteiger partial charge in [0.15, 0.2) is 0 Å². The van der Waals surface area contributed by atoms with Crippen LogP contribution >= 0.6 is 0 Å². The van der Waals surface area contributed by atoms with Gasteiger partial charge in [0.1, 0.15) is 0 Å². The van der Waals surface area contributed by atoms with Gasteiger partial charge in [-0.1, -0.05) is 42.5 Å². The summed E-state index contributed by atoms with van der Waals surface area (Å²) in [7, 11) is 0. The molecule has 1 atom stereocenters. The maximum Gasteiger partial charge on any atom is 0.303 e. The molecule has 2 rings (SSSR count). The fraction of sp³-hybridized carbons (Fsp3) is 0.267. The van der Waals surface area contributed by atoms with E-state index in [2.05, 4.69) is 0 Å². The molecule has 0 heterocycles. The molecule has 0 fully saturated rings. The van der Waals surface area contributed by atoms with E-state index in [4.69, 9.17) is 5.11 Å². The molecule has 1 unspecified atom stereocenters. The summed E-state index contributed by atoms with van der Waals surface area (Å²) in [5.74, 6) is -0.931. The predicted molar refractivity (Wildman–Crippen MR) is 70.6 cm³/mol. The van der Waals surface area contributed by atoms with Gasteiger partial charge in [0.25, 0.3) is 0 Å². The van der Waals surface area contributed by atoms with Gasteiger partial charge in [0.05, 0.1) is 0 Å². The number of hydrogen-bond donors (Lipinski definition) is 2. The van der Waals surface area contributed by atoms with Crippen LogP contribution in [0, 0.1) is 0 Å². The van der Waals surface area contributed by atoms with Gasteiger partial charge >= 0.3 is 5.97 Å². The van der Waals surface area contributed by atoms with Crippen LogP contribution in [0.3, 0.4) is 0 Å². The van der Waals surface area contributed by atoms with Crippen LogP contribution < -0.4 is 0 Å². The molecule has 2 N–H and O–H groups in total. The Morgan fingerprint density at radius 3 is 2.50 bits per heavy atom. The van der Waals surface area contributed by atoms with Crippen LogP contribution in [0.1, 0.15) is 24.3 Å². The first-order valence-electron chi connectivity index (χ1n) is 6.02. The highest BCUT2D eigenvalue weighted by Crippen LogP contribution is 2.24. The highest BCUT2D eigenvalue weighted by atomic mass is 16.4. The van der Waals surface area contributed by atoms with Gasteiger partial charge in [-0.25, -0.2) is 0 Å². The number of rotatable bonds is 5. The molecule has 3 nitrogen and oxygen atoms in total. The first-order valence-corrected chi connectivity index (χ1v) is 6.02. The van der Waals surface area contributed by atoms with E-state index in [-0.39, 0.29) is 18.9 Å². The van der Waals surface area contributed by atoms with E-state index in [1.807, 2.05) is 42.5 Å². The molecule has 0 amide bonds. The number of aliphatic hydroxyl groups excluding tert-OH is 1. The molecule has 0 bridgehead atoms. The van der Waals surface area contributed by atoms with Crippen molar-refractivity contribution in [2.24, 2.45) is 0 Å². The number of aliphatic carboxylic acids is 1. The van der Waals surface area contributed by atoms with E-state index in [1.165, 1.54) is 0 Å². The van der Waals surface area contributed by atoms with Crippen molar-refractivity contribution in [1.29, 1.82) is 0 Å². The Labute approximate surface area is 106 Å². The van der Waals surface area contributed by atoms with Crippen LogP contribution in [0.15, 0.2) is 42.5 Å². The minimum atomic E-state index is -0.825. The van der Waals surface area contributed by atoms with Crippen LogP contribution in [0.4, 0.5) is 0 Å². The monoisotopic (exact) mass is 244 g/mol. The fourth-order valence-electron chi connectivity index (χ4n) is 2.12. The van der Waals surface area contributed by atoms with Crippen molar-refractivity contribution in [1.82, 2.24) is 0 Å². The standard InChI is InChI=1S/C15H16O3/c16-10-14(7-8-15(17)18)13-6-5-11-3-1-2-4-12(11)9-13/h1-6,9,14,16H,7-8,10H2,(H,17,18). The number of fused-ring (bicyclic) bond motifs is 1. The van der Waals surface area contributed by atoms with E-state index in [0.29, 0.717) is 6.42 Å². The lowest BCUT2D eigenvalue weighted by Gasteiger charge is -2.14. The van der Waals surface area contributed by atoms with Gasteiger partial charge in [0, 0.05) is 18.9 Å². The lowest BCUT2D eigenvalue weighted by atomic mass is 9.93. The topological polar surface area (TPSA) is 57.5 Å². The average Bonchev–Trinajstić information content (AvgIpc) is 2.39. The smallest absolute Gasteiger partial charge is 0.303 e. The Kier molecular flexibility index (Phi) is 3.95. The van der Waals surface area contributed by atoms with Crippen molar-refractivity contribution in [2.45, 2.75) is 18.8 Å². The first kappa shape index (κ1) is 12.6. The van der Waals surface area contributed by atoms with Gasteiger partial charge < -0.3 is 10.2 Å². The molecule has 2 aromatic carbocycles. The number of hydrogen-bond acceptors (Lipinski definition) is 2. The number of carboxylic acids is 1. The van der Waals surface area contributed by atoms with E-state index < -0.39 is 5.97 Å². The Balaban J connectivity index is 2.24. The predicted octanol–water partition coefficient (Wildman–Crippen LogP) is 2.78. The maximum atomic E-state index is 10.6. The summed E-state index contributed by atoms with van der Waals surface area (Å²) in [5, 5.41) is 20.3. The third-order valence-electron chi connectivity index (χ3n) is 3.17. The summed E-state index contributed by atoms with van der Waals surface area (Å²) in [6.07, 6.45) is 0.544. The zero-order chi connectivity index (χ0) is 13.0. The molecule has 0 radical (unpaired) electrons. The SMILES string of the molecule is O=C(O)CCC(CO)c1ccc2ccccc2c1. The minimum Gasteiger partial charge on any atom is -0.481 e. The zero-order valence-electron chi connectivity index (χ0n) is 10.0. The molecule has 0 spiro atoms. The normalized spacial score (nSPS) is 12.5. The third-order valence-corrected chi connectivity index (χ3v) is 3.17. The highest BCUT2D eigenvalue weighted by molar-refractivity contribution is 5.83. The Hall–Kier alpha value is -1.87. The van der Waals surface area contributed by atoms with Crippen LogP contribution in [0.5, 0.6) is 0 Å². The quantitative estimate of drug-likeness (QED) is 0.850. The molecule has 18 heavy (non-hydrogen) atoms. The fourth-order valence-corrected chi connectivity index (χ4v) is 2.12. The second-order valence-corrected chi connectivity index (χ2v) is 4.42. The average molecular weight is 244 g/mol. The first-order chi connectivity index (χ1) is 8.70. The number of aliphatic hydroxyl groups is 1. The molecule has 0 aliphatic carbocycles. The minimum absolute atomic E-state index is 0.0222. The van der Waals surface area contributed by atoms with Crippen molar-refractivity contribution in [2.75, 3.05) is 6.61 Å². The molecule has 0 aromatic heterocycles.